The van der Waals surface area contributed by atoms with Gasteiger partial charge in [-0.2, -0.15) is 0 Å². The molecule has 2 heteroatoms. The predicted octanol–water partition coefficient (Wildman–Crippen LogP) is 3.41. The monoisotopic (exact) mass is 242 g/mol. The maximum atomic E-state index is 10.2. The molecule has 0 aliphatic heterocycles. The first kappa shape index (κ1) is 12.7. The Balaban J connectivity index is 1.91. The van der Waals surface area contributed by atoms with Crippen molar-refractivity contribution in [2.45, 2.75) is 25.6 Å². The molecule has 18 heavy (non-hydrogen) atoms. The normalized spacial score (nSPS) is 13.9. The van der Waals surface area contributed by atoms with Crippen molar-refractivity contribution in [2.75, 3.05) is 0 Å². The lowest BCUT2D eigenvalue weighted by Gasteiger charge is -2.24. The van der Waals surface area contributed by atoms with Gasteiger partial charge < -0.3 is 9.84 Å². The summed E-state index contributed by atoms with van der Waals surface area (Å²) in [6.07, 6.45) is 1.35. The van der Waals surface area contributed by atoms with Crippen LogP contribution >= 0.6 is 0 Å². The van der Waals surface area contributed by atoms with E-state index in [0.717, 1.165) is 6.42 Å². The number of aryl methyl sites for hydroxylation is 1. The van der Waals surface area contributed by atoms with E-state index in [1.54, 1.807) is 6.92 Å². The van der Waals surface area contributed by atoms with Gasteiger partial charge in [0.15, 0.2) is 0 Å². The van der Waals surface area contributed by atoms with E-state index in [0.29, 0.717) is 12.2 Å². The third-order valence-electron chi connectivity index (χ3n) is 2.80. The zero-order chi connectivity index (χ0) is 12.8. The lowest BCUT2D eigenvalue weighted by Crippen LogP contribution is -2.32. The second-order valence-corrected chi connectivity index (χ2v) is 4.58. The van der Waals surface area contributed by atoms with Crippen LogP contribution in [0.1, 0.15) is 18.9 Å². The van der Waals surface area contributed by atoms with Crippen molar-refractivity contribution in [1.82, 2.24) is 0 Å². The molecule has 0 heterocycles. The highest BCUT2D eigenvalue weighted by Gasteiger charge is 2.21. The van der Waals surface area contributed by atoms with Gasteiger partial charge in [0.1, 0.15) is 5.75 Å². The molecule has 0 aliphatic rings. The van der Waals surface area contributed by atoms with E-state index in [9.17, 15) is 5.11 Å². The minimum absolute atomic E-state index is 0.561. The smallest absolute Gasteiger partial charge is 0.205 e. The van der Waals surface area contributed by atoms with Crippen LogP contribution in [-0.4, -0.2) is 10.9 Å². The van der Waals surface area contributed by atoms with Crippen molar-refractivity contribution in [3.63, 3.8) is 0 Å². The maximum Gasteiger partial charge on any atom is 0.205 e. The Kier molecular flexibility index (Phi) is 4.00. The molecule has 0 radical (unpaired) electrons. The molecular weight excluding hydrogens is 224 g/mol. The molecular formula is C16H18O2. The molecule has 0 aromatic heterocycles. The second kappa shape index (κ2) is 5.69. The van der Waals surface area contributed by atoms with Gasteiger partial charge in [0.25, 0.3) is 0 Å². The van der Waals surface area contributed by atoms with Gasteiger partial charge in [0.05, 0.1) is 0 Å². The van der Waals surface area contributed by atoms with Crippen molar-refractivity contribution >= 4 is 0 Å². The first-order valence-electron chi connectivity index (χ1n) is 6.16. The van der Waals surface area contributed by atoms with Crippen molar-refractivity contribution in [3.05, 3.63) is 66.2 Å². The second-order valence-electron chi connectivity index (χ2n) is 4.58. The Morgan fingerprint density at radius 1 is 0.944 bits per heavy atom. The van der Waals surface area contributed by atoms with Crippen LogP contribution in [0.5, 0.6) is 5.75 Å². The number of benzene rings is 2. The van der Waals surface area contributed by atoms with Crippen LogP contribution in [0.3, 0.4) is 0 Å². The van der Waals surface area contributed by atoms with Crippen LogP contribution in [0, 0.1) is 0 Å². The molecule has 2 rings (SSSR count). The summed E-state index contributed by atoms with van der Waals surface area (Å²) in [5.41, 5.74) is 1.20. The summed E-state index contributed by atoms with van der Waals surface area (Å²) < 4.78 is 5.58. The molecule has 1 atom stereocenters. The average Bonchev–Trinajstić information content (AvgIpc) is 2.38. The van der Waals surface area contributed by atoms with E-state index in [-0.39, 0.29) is 0 Å². The minimum atomic E-state index is -1.14. The Morgan fingerprint density at radius 3 is 2.11 bits per heavy atom. The molecule has 2 aromatic rings. The van der Waals surface area contributed by atoms with Gasteiger partial charge in [0, 0.05) is 13.3 Å². The summed E-state index contributed by atoms with van der Waals surface area (Å²) in [5.74, 6) is -0.451. The molecule has 1 N–H and O–H groups in total. The fourth-order valence-electron chi connectivity index (χ4n) is 1.81. The number of hydrogen-bond acceptors (Lipinski definition) is 2. The number of rotatable bonds is 5. The van der Waals surface area contributed by atoms with Gasteiger partial charge in [-0.25, -0.2) is 0 Å². The van der Waals surface area contributed by atoms with E-state index < -0.39 is 5.79 Å². The molecule has 0 aliphatic carbocycles. The number of ether oxygens (including phenoxy) is 1. The molecule has 0 saturated carbocycles. The van der Waals surface area contributed by atoms with Crippen LogP contribution in [0.4, 0.5) is 0 Å². The largest absolute Gasteiger partial charge is 0.463 e. The van der Waals surface area contributed by atoms with Crippen LogP contribution in [-0.2, 0) is 6.42 Å². The molecule has 1 unspecified atom stereocenters. The summed E-state index contributed by atoms with van der Waals surface area (Å²) in [5, 5.41) is 10.2. The Morgan fingerprint density at radius 2 is 1.50 bits per heavy atom. The highest BCUT2D eigenvalue weighted by molar-refractivity contribution is 5.21. The Hall–Kier alpha value is -1.80. The van der Waals surface area contributed by atoms with E-state index in [1.807, 2.05) is 48.5 Å². The molecule has 0 amide bonds. The van der Waals surface area contributed by atoms with E-state index in [4.69, 9.17) is 4.74 Å². The zero-order valence-corrected chi connectivity index (χ0v) is 10.5. The summed E-state index contributed by atoms with van der Waals surface area (Å²) in [7, 11) is 0. The van der Waals surface area contributed by atoms with E-state index >= 15 is 0 Å². The topological polar surface area (TPSA) is 29.5 Å². The standard InChI is InChI=1S/C16H18O2/c1-16(17,18-15-10-6-3-7-11-15)13-12-14-8-4-2-5-9-14/h2-11,17H,12-13H2,1H3. The average molecular weight is 242 g/mol. The summed E-state index contributed by atoms with van der Waals surface area (Å²) >= 11 is 0. The van der Waals surface area contributed by atoms with Gasteiger partial charge in [-0.1, -0.05) is 48.5 Å². The van der Waals surface area contributed by atoms with Crippen LogP contribution < -0.4 is 4.74 Å². The number of para-hydroxylation sites is 1. The Labute approximate surface area is 108 Å². The van der Waals surface area contributed by atoms with Crippen LogP contribution in [0.25, 0.3) is 0 Å². The molecule has 0 fully saturated rings. The lowest BCUT2D eigenvalue weighted by atomic mass is 10.1. The molecule has 0 spiro atoms. The first-order chi connectivity index (χ1) is 8.66. The summed E-state index contributed by atoms with van der Waals surface area (Å²) in [6.45, 7) is 1.70. The molecule has 0 saturated heterocycles. The maximum absolute atomic E-state index is 10.2. The van der Waals surface area contributed by atoms with Gasteiger partial charge in [-0.3, -0.25) is 0 Å². The van der Waals surface area contributed by atoms with Crippen molar-refractivity contribution < 1.29 is 9.84 Å². The summed E-state index contributed by atoms with van der Waals surface area (Å²) in [4.78, 5) is 0. The fourth-order valence-corrected chi connectivity index (χ4v) is 1.81. The first-order valence-corrected chi connectivity index (χ1v) is 6.16. The molecule has 2 nitrogen and oxygen atoms in total. The third-order valence-corrected chi connectivity index (χ3v) is 2.80. The highest BCUT2D eigenvalue weighted by Crippen LogP contribution is 2.20. The van der Waals surface area contributed by atoms with Crippen molar-refractivity contribution in [3.8, 4) is 5.75 Å². The van der Waals surface area contributed by atoms with E-state index in [2.05, 4.69) is 12.1 Å². The van der Waals surface area contributed by atoms with Gasteiger partial charge in [-0.05, 0) is 24.1 Å². The fraction of sp³-hybridized carbons (Fsp3) is 0.250. The number of hydrogen-bond donors (Lipinski definition) is 1. The third kappa shape index (κ3) is 3.90. The quantitative estimate of drug-likeness (QED) is 0.814. The summed E-state index contributed by atoms with van der Waals surface area (Å²) in [6, 6.07) is 19.5. The lowest BCUT2D eigenvalue weighted by molar-refractivity contribution is -0.126. The Bertz CT molecular complexity index is 463. The van der Waals surface area contributed by atoms with Crippen molar-refractivity contribution in [1.29, 1.82) is 0 Å². The molecule has 0 bridgehead atoms. The van der Waals surface area contributed by atoms with Gasteiger partial charge in [-0.15, -0.1) is 0 Å². The van der Waals surface area contributed by atoms with Gasteiger partial charge in [0.2, 0.25) is 5.79 Å². The zero-order valence-electron chi connectivity index (χ0n) is 10.5. The number of aliphatic hydroxyl groups is 1. The van der Waals surface area contributed by atoms with Crippen molar-refractivity contribution in [2.24, 2.45) is 0 Å². The minimum Gasteiger partial charge on any atom is -0.463 e. The predicted molar refractivity (Wildman–Crippen MR) is 72.5 cm³/mol. The highest BCUT2D eigenvalue weighted by atomic mass is 16.6. The van der Waals surface area contributed by atoms with Crippen LogP contribution in [0.2, 0.25) is 0 Å². The molecule has 2 aromatic carbocycles. The van der Waals surface area contributed by atoms with Gasteiger partial charge >= 0.3 is 0 Å². The molecule has 94 valence electrons. The van der Waals surface area contributed by atoms with Crippen LogP contribution in [0.15, 0.2) is 60.7 Å². The van der Waals surface area contributed by atoms with E-state index in [1.165, 1.54) is 5.56 Å². The SMILES string of the molecule is CC(O)(CCc1ccccc1)Oc1ccccc1.